The van der Waals surface area contributed by atoms with Crippen molar-refractivity contribution in [2.75, 3.05) is 7.05 Å². The maximum Gasteiger partial charge on any atom is 0.309 e. The van der Waals surface area contributed by atoms with E-state index in [9.17, 15) is 14.9 Å². The lowest BCUT2D eigenvalue weighted by Crippen LogP contribution is -2.28. The SMILES string of the molecule is CCn1nccc1CN(C)C(=O)CCn1cc([N+](=O)[O-])c(C)n1. The van der Waals surface area contributed by atoms with Crippen molar-refractivity contribution in [1.82, 2.24) is 24.5 Å². The maximum atomic E-state index is 12.2. The van der Waals surface area contributed by atoms with Crippen molar-refractivity contribution in [1.29, 1.82) is 0 Å². The van der Waals surface area contributed by atoms with E-state index in [0.717, 1.165) is 12.2 Å². The Morgan fingerprint density at radius 3 is 2.83 bits per heavy atom. The Kier molecular flexibility index (Phi) is 5.09. The third-order valence-electron chi connectivity index (χ3n) is 3.60. The normalized spacial score (nSPS) is 10.7. The fraction of sp³-hybridized carbons (Fsp3) is 0.500. The number of carbonyl (C=O) groups excluding carboxylic acids is 1. The molecule has 2 heterocycles. The molecule has 9 heteroatoms. The number of nitro groups is 1. The van der Waals surface area contributed by atoms with Crippen LogP contribution in [-0.4, -0.2) is 42.3 Å². The number of aromatic nitrogens is 4. The van der Waals surface area contributed by atoms with Gasteiger partial charge in [0.05, 0.1) is 17.2 Å². The van der Waals surface area contributed by atoms with Crippen molar-refractivity contribution in [3.05, 3.63) is 40.0 Å². The van der Waals surface area contributed by atoms with E-state index in [4.69, 9.17) is 0 Å². The first-order valence-corrected chi connectivity index (χ1v) is 7.35. The third kappa shape index (κ3) is 3.93. The van der Waals surface area contributed by atoms with Gasteiger partial charge in [-0.05, 0) is 19.9 Å². The number of amides is 1. The van der Waals surface area contributed by atoms with Crippen molar-refractivity contribution in [2.24, 2.45) is 0 Å². The highest BCUT2D eigenvalue weighted by Gasteiger charge is 2.17. The fourth-order valence-corrected chi connectivity index (χ4v) is 2.31. The molecule has 0 aliphatic carbocycles. The van der Waals surface area contributed by atoms with E-state index >= 15 is 0 Å². The number of aryl methyl sites for hydroxylation is 3. The second-order valence-corrected chi connectivity index (χ2v) is 5.26. The zero-order chi connectivity index (χ0) is 17.0. The van der Waals surface area contributed by atoms with Gasteiger partial charge in [-0.1, -0.05) is 0 Å². The van der Waals surface area contributed by atoms with Gasteiger partial charge in [0.15, 0.2) is 0 Å². The smallest absolute Gasteiger partial charge is 0.309 e. The van der Waals surface area contributed by atoms with Gasteiger partial charge in [-0.15, -0.1) is 0 Å². The van der Waals surface area contributed by atoms with E-state index < -0.39 is 4.92 Å². The molecule has 0 aliphatic heterocycles. The zero-order valence-corrected chi connectivity index (χ0v) is 13.5. The van der Waals surface area contributed by atoms with Crippen LogP contribution in [0.4, 0.5) is 5.69 Å². The largest absolute Gasteiger partial charge is 0.340 e. The number of hydrogen-bond donors (Lipinski definition) is 0. The number of nitrogens with zero attached hydrogens (tertiary/aromatic N) is 6. The van der Waals surface area contributed by atoms with Crippen LogP contribution >= 0.6 is 0 Å². The van der Waals surface area contributed by atoms with E-state index in [1.807, 2.05) is 17.7 Å². The lowest BCUT2D eigenvalue weighted by Gasteiger charge is -2.17. The molecule has 2 aromatic rings. The summed E-state index contributed by atoms with van der Waals surface area (Å²) >= 11 is 0. The Labute approximate surface area is 133 Å². The van der Waals surface area contributed by atoms with Crippen LogP contribution < -0.4 is 0 Å². The summed E-state index contributed by atoms with van der Waals surface area (Å²) in [6, 6.07) is 1.88. The molecule has 124 valence electrons. The first-order valence-electron chi connectivity index (χ1n) is 7.35. The molecule has 0 aromatic carbocycles. The Hall–Kier alpha value is -2.71. The Bertz CT molecular complexity index is 705. The number of rotatable bonds is 7. The minimum atomic E-state index is -0.474. The van der Waals surface area contributed by atoms with Gasteiger partial charge in [0.25, 0.3) is 0 Å². The summed E-state index contributed by atoms with van der Waals surface area (Å²) < 4.78 is 3.28. The minimum Gasteiger partial charge on any atom is -0.340 e. The highest BCUT2D eigenvalue weighted by atomic mass is 16.6. The summed E-state index contributed by atoms with van der Waals surface area (Å²) in [5.74, 6) is -0.0512. The molecule has 0 saturated carbocycles. The Morgan fingerprint density at radius 2 is 2.22 bits per heavy atom. The highest BCUT2D eigenvalue weighted by Crippen LogP contribution is 2.15. The van der Waals surface area contributed by atoms with Gasteiger partial charge in [-0.3, -0.25) is 24.3 Å². The molecule has 1 amide bonds. The van der Waals surface area contributed by atoms with Crippen LogP contribution in [0, 0.1) is 17.0 Å². The third-order valence-corrected chi connectivity index (χ3v) is 3.60. The molecular formula is C14H20N6O3. The van der Waals surface area contributed by atoms with E-state index in [-0.39, 0.29) is 18.0 Å². The molecule has 0 aliphatic rings. The molecule has 0 N–H and O–H groups in total. The molecule has 23 heavy (non-hydrogen) atoms. The zero-order valence-electron chi connectivity index (χ0n) is 13.5. The Morgan fingerprint density at radius 1 is 1.48 bits per heavy atom. The van der Waals surface area contributed by atoms with Crippen molar-refractivity contribution in [2.45, 2.75) is 39.9 Å². The molecule has 9 nitrogen and oxygen atoms in total. The summed E-state index contributed by atoms with van der Waals surface area (Å²) in [6.07, 6.45) is 3.30. The molecule has 0 spiro atoms. The first kappa shape index (κ1) is 16.7. The van der Waals surface area contributed by atoms with Crippen molar-refractivity contribution < 1.29 is 9.72 Å². The quantitative estimate of drug-likeness (QED) is 0.566. The van der Waals surface area contributed by atoms with Gasteiger partial charge in [0.1, 0.15) is 11.9 Å². The summed E-state index contributed by atoms with van der Waals surface area (Å²) in [4.78, 5) is 24.1. The summed E-state index contributed by atoms with van der Waals surface area (Å²) in [7, 11) is 1.73. The molecule has 2 aromatic heterocycles. The average molecular weight is 320 g/mol. The second kappa shape index (κ2) is 7.03. The van der Waals surface area contributed by atoms with E-state index in [1.54, 1.807) is 25.1 Å². The molecule has 0 saturated heterocycles. The Balaban J connectivity index is 1.91. The molecule has 2 rings (SSSR count). The molecule has 0 atom stereocenters. The number of carbonyl (C=O) groups is 1. The topological polar surface area (TPSA) is 99.1 Å². The van der Waals surface area contributed by atoms with Gasteiger partial charge in [0.2, 0.25) is 5.91 Å². The fourth-order valence-electron chi connectivity index (χ4n) is 2.31. The number of hydrogen-bond acceptors (Lipinski definition) is 5. The van der Waals surface area contributed by atoms with Gasteiger partial charge in [0, 0.05) is 32.8 Å². The predicted molar refractivity (Wildman–Crippen MR) is 82.6 cm³/mol. The first-order chi connectivity index (χ1) is 10.9. The van der Waals surface area contributed by atoms with Crippen LogP contribution in [0.1, 0.15) is 24.7 Å². The van der Waals surface area contributed by atoms with Crippen LogP contribution in [-0.2, 0) is 24.4 Å². The van der Waals surface area contributed by atoms with Gasteiger partial charge in [-0.2, -0.15) is 10.2 Å². The molecule has 0 unspecified atom stereocenters. The van der Waals surface area contributed by atoms with Gasteiger partial charge < -0.3 is 4.90 Å². The second-order valence-electron chi connectivity index (χ2n) is 5.26. The van der Waals surface area contributed by atoms with Crippen molar-refractivity contribution in [3.8, 4) is 0 Å². The van der Waals surface area contributed by atoms with Crippen LogP contribution in [0.2, 0.25) is 0 Å². The van der Waals surface area contributed by atoms with Gasteiger partial charge >= 0.3 is 5.69 Å². The summed E-state index contributed by atoms with van der Waals surface area (Å²) in [5, 5.41) is 19.0. The molecule has 0 radical (unpaired) electrons. The highest BCUT2D eigenvalue weighted by molar-refractivity contribution is 5.75. The van der Waals surface area contributed by atoms with Crippen LogP contribution in [0.5, 0.6) is 0 Å². The van der Waals surface area contributed by atoms with E-state index in [2.05, 4.69) is 10.2 Å². The summed E-state index contributed by atoms with van der Waals surface area (Å²) in [5.41, 5.74) is 1.29. The van der Waals surface area contributed by atoms with Crippen molar-refractivity contribution >= 4 is 11.6 Å². The lowest BCUT2D eigenvalue weighted by molar-refractivity contribution is -0.385. The molecule has 0 fully saturated rings. The van der Waals surface area contributed by atoms with Crippen LogP contribution in [0.15, 0.2) is 18.5 Å². The molecule has 0 bridgehead atoms. The van der Waals surface area contributed by atoms with Gasteiger partial charge in [-0.25, -0.2) is 0 Å². The standard InChI is InChI=1S/C14H20N6O3/c1-4-19-12(5-7-15-19)9-17(3)14(21)6-8-18-10-13(20(22)23)11(2)16-18/h5,7,10H,4,6,8-9H2,1-3H3. The van der Waals surface area contributed by atoms with E-state index in [0.29, 0.717) is 18.8 Å². The predicted octanol–water partition coefficient (Wildman–Crippen LogP) is 1.36. The molecular weight excluding hydrogens is 300 g/mol. The minimum absolute atomic E-state index is 0.0300. The van der Waals surface area contributed by atoms with Crippen LogP contribution in [0.25, 0.3) is 0 Å². The van der Waals surface area contributed by atoms with Crippen LogP contribution in [0.3, 0.4) is 0 Å². The summed E-state index contributed by atoms with van der Waals surface area (Å²) in [6.45, 7) is 5.11. The average Bonchev–Trinajstić information content (AvgIpc) is 3.10. The maximum absolute atomic E-state index is 12.2. The monoisotopic (exact) mass is 320 g/mol. The lowest BCUT2D eigenvalue weighted by atomic mass is 10.3. The van der Waals surface area contributed by atoms with Crippen molar-refractivity contribution in [3.63, 3.8) is 0 Å². The van der Waals surface area contributed by atoms with E-state index in [1.165, 1.54) is 10.9 Å².